The van der Waals surface area contributed by atoms with Crippen LogP contribution in [-0.2, 0) is 6.54 Å². The van der Waals surface area contributed by atoms with E-state index in [1.807, 2.05) is 19.3 Å². The van der Waals surface area contributed by atoms with E-state index < -0.39 is 0 Å². The van der Waals surface area contributed by atoms with Gasteiger partial charge in [0.05, 0.1) is 0 Å². The van der Waals surface area contributed by atoms with E-state index in [1.165, 1.54) is 0 Å². The molecule has 4 nitrogen and oxygen atoms in total. The Morgan fingerprint density at radius 2 is 2.12 bits per heavy atom. The molecule has 1 aromatic heterocycles. The Hall–Kier alpha value is -1.13. The van der Waals surface area contributed by atoms with Gasteiger partial charge in [-0.15, -0.1) is 0 Å². The summed E-state index contributed by atoms with van der Waals surface area (Å²) in [6.45, 7) is 6.99. The Kier molecular flexibility index (Phi) is 6.58. The Morgan fingerprint density at radius 1 is 1.29 bits per heavy atom. The summed E-state index contributed by atoms with van der Waals surface area (Å²) in [7, 11) is 1.96. The van der Waals surface area contributed by atoms with Crippen molar-refractivity contribution in [2.75, 3.05) is 33.2 Å². The van der Waals surface area contributed by atoms with Crippen LogP contribution in [0.3, 0.4) is 0 Å². The van der Waals surface area contributed by atoms with Crippen LogP contribution in [-0.4, -0.2) is 42.7 Å². The van der Waals surface area contributed by atoms with Crippen molar-refractivity contribution in [2.45, 2.75) is 19.9 Å². The van der Waals surface area contributed by atoms with Gasteiger partial charge in [0.2, 0.25) is 0 Å². The van der Waals surface area contributed by atoms with Gasteiger partial charge >= 0.3 is 0 Å². The number of pyridine rings is 1. The van der Waals surface area contributed by atoms with E-state index in [2.05, 4.69) is 17.1 Å². The van der Waals surface area contributed by atoms with Crippen LogP contribution in [0, 0.1) is 0 Å². The van der Waals surface area contributed by atoms with Gasteiger partial charge in [-0.3, -0.25) is 4.79 Å². The van der Waals surface area contributed by atoms with Crippen molar-refractivity contribution in [1.82, 2.24) is 14.8 Å². The molecular weight excluding hydrogens is 214 g/mol. The molecule has 0 aliphatic carbocycles. The highest BCUT2D eigenvalue weighted by Gasteiger charge is 2.03. The van der Waals surface area contributed by atoms with Gasteiger partial charge in [-0.25, -0.2) is 0 Å². The minimum absolute atomic E-state index is 0.0811. The van der Waals surface area contributed by atoms with Crippen molar-refractivity contribution >= 4 is 0 Å². The topological polar surface area (TPSA) is 37.3 Å². The maximum atomic E-state index is 11.5. The van der Waals surface area contributed by atoms with E-state index in [-0.39, 0.29) is 5.56 Å². The molecule has 0 aliphatic rings. The first-order valence-electron chi connectivity index (χ1n) is 6.30. The SMILES string of the molecule is CCCN(CCNC)CCn1ccccc1=O. The number of nitrogens with zero attached hydrogens (tertiary/aromatic N) is 2. The predicted octanol–water partition coefficient (Wildman–Crippen LogP) is 0.780. The number of aromatic nitrogens is 1. The summed E-state index contributed by atoms with van der Waals surface area (Å²) in [5, 5.41) is 3.16. The Morgan fingerprint density at radius 3 is 2.76 bits per heavy atom. The van der Waals surface area contributed by atoms with Gasteiger partial charge < -0.3 is 14.8 Å². The average molecular weight is 237 g/mol. The number of hydrogen-bond donors (Lipinski definition) is 1. The molecule has 0 fully saturated rings. The third kappa shape index (κ3) is 5.15. The smallest absolute Gasteiger partial charge is 0.250 e. The lowest BCUT2D eigenvalue weighted by molar-refractivity contribution is 0.263. The van der Waals surface area contributed by atoms with Gasteiger partial charge in [0.15, 0.2) is 0 Å². The van der Waals surface area contributed by atoms with Gasteiger partial charge in [0.25, 0.3) is 5.56 Å². The summed E-state index contributed by atoms with van der Waals surface area (Å²) in [4.78, 5) is 13.9. The van der Waals surface area contributed by atoms with Crippen molar-refractivity contribution in [3.63, 3.8) is 0 Å². The molecule has 0 aliphatic heterocycles. The molecule has 1 heterocycles. The molecule has 17 heavy (non-hydrogen) atoms. The number of hydrogen-bond acceptors (Lipinski definition) is 3. The van der Waals surface area contributed by atoms with E-state index in [1.54, 1.807) is 16.7 Å². The molecule has 0 aromatic carbocycles. The highest BCUT2D eigenvalue weighted by Crippen LogP contribution is 1.92. The van der Waals surface area contributed by atoms with E-state index in [0.29, 0.717) is 0 Å². The maximum Gasteiger partial charge on any atom is 0.250 e. The highest BCUT2D eigenvalue weighted by atomic mass is 16.1. The second-order valence-electron chi connectivity index (χ2n) is 4.18. The molecule has 0 unspecified atom stereocenters. The van der Waals surface area contributed by atoms with Crippen LogP contribution < -0.4 is 10.9 Å². The molecule has 0 saturated heterocycles. The largest absolute Gasteiger partial charge is 0.318 e. The van der Waals surface area contributed by atoms with Crippen molar-refractivity contribution in [3.05, 3.63) is 34.7 Å². The van der Waals surface area contributed by atoms with Crippen LogP contribution in [0.15, 0.2) is 29.2 Å². The van der Waals surface area contributed by atoms with E-state index >= 15 is 0 Å². The molecule has 96 valence electrons. The average Bonchev–Trinajstić information content (AvgIpc) is 2.34. The first-order valence-corrected chi connectivity index (χ1v) is 6.30. The van der Waals surface area contributed by atoms with E-state index in [4.69, 9.17) is 0 Å². The zero-order valence-corrected chi connectivity index (χ0v) is 10.9. The van der Waals surface area contributed by atoms with Crippen molar-refractivity contribution in [1.29, 1.82) is 0 Å². The normalized spacial score (nSPS) is 11.0. The zero-order chi connectivity index (χ0) is 12.5. The summed E-state index contributed by atoms with van der Waals surface area (Å²) in [6, 6.07) is 5.29. The minimum Gasteiger partial charge on any atom is -0.318 e. The highest BCUT2D eigenvalue weighted by molar-refractivity contribution is 4.93. The molecular formula is C13H23N3O. The van der Waals surface area contributed by atoms with Gasteiger partial charge in [0, 0.05) is 38.4 Å². The van der Waals surface area contributed by atoms with Crippen LogP contribution in [0.2, 0.25) is 0 Å². The fourth-order valence-corrected chi connectivity index (χ4v) is 1.82. The monoisotopic (exact) mass is 237 g/mol. The van der Waals surface area contributed by atoms with Crippen LogP contribution in [0.5, 0.6) is 0 Å². The molecule has 0 spiro atoms. The number of rotatable bonds is 8. The van der Waals surface area contributed by atoms with Crippen LogP contribution in [0.25, 0.3) is 0 Å². The first kappa shape index (κ1) is 13.9. The van der Waals surface area contributed by atoms with E-state index in [9.17, 15) is 4.79 Å². The third-order valence-corrected chi connectivity index (χ3v) is 2.77. The molecule has 1 N–H and O–H groups in total. The Labute approximate surface area is 103 Å². The van der Waals surface area contributed by atoms with E-state index in [0.717, 1.165) is 39.1 Å². The first-order chi connectivity index (χ1) is 8.27. The second kappa shape index (κ2) is 8.03. The van der Waals surface area contributed by atoms with Gasteiger partial charge in [0.1, 0.15) is 0 Å². The zero-order valence-electron chi connectivity index (χ0n) is 10.9. The summed E-state index contributed by atoms with van der Waals surface area (Å²) < 4.78 is 1.77. The molecule has 1 aromatic rings. The molecule has 4 heteroatoms. The standard InChI is InChI=1S/C13H23N3O/c1-3-8-15(10-7-14-2)11-12-16-9-5-4-6-13(16)17/h4-6,9,14H,3,7-8,10-12H2,1-2H3. The fraction of sp³-hybridized carbons (Fsp3) is 0.615. The van der Waals surface area contributed by atoms with Gasteiger partial charge in [-0.2, -0.15) is 0 Å². The molecule has 0 bridgehead atoms. The summed E-state index contributed by atoms with van der Waals surface area (Å²) in [5.41, 5.74) is 0.0811. The van der Waals surface area contributed by atoms with Gasteiger partial charge in [-0.05, 0) is 26.1 Å². The molecule has 0 atom stereocenters. The molecule has 1 rings (SSSR count). The molecule has 0 radical (unpaired) electrons. The number of nitrogens with one attached hydrogen (secondary N) is 1. The Balaban J connectivity index is 2.45. The second-order valence-corrected chi connectivity index (χ2v) is 4.18. The van der Waals surface area contributed by atoms with Crippen LogP contribution >= 0.6 is 0 Å². The fourth-order valence-electron chi connectivity index (χ4n) is 1.82. The minimum atomic E-state index is 0.0811. The van der Waals surface area contributed by atoms with Crippen molar-refractivity contribution in [2.24, 2.45) is 0 Å². The van der Waals surface area contributed by atoms with Crippen molar-refractivity contribution in [3.8, 4) is 0 Å². The summed E-state index contributed by atoms with van der Waals surface area (Å²) in [5.74, 6) is 0. The summed E-state index contributed by atoms with van der Waals surface area (Å²) >= 11 is 0. The van der Waals surface area contributed by atoms with Crippen LogP contribution in [0.1, 0.15) is 13.3 Å². The summed E-state index contributed by atoms with van der Waals surface area (Å²) in [6.07, 6.45) is 3.00. The number of likely N-dealkylation sites (N-methyl/N-ethyl adjacent to an activating group) is 1. The molecule has 0 amide bonds. The predicted molar refractivity (Wildman–Crippen MR) is 71.4 cm³/mol. The lowest BCUT2D eigenvalue weighted by Crippen LogP contribution is -2.35. The lowest BCUT2D eigenvalue weighted by Gasteiger charge is -2.21. The Bertz CT molecular complexity index is 362. The van der Waals surface area contributed by atoms with Crippen LogP contribution in [0.4, 0.5) is 0 Å². The molecule has 0 saturated carbocycles. The van der Waals surface area contributed by atoms with Crippen molar-refractivity contribution < 1.29 is 0 Å². The third-order valence-electron chi connectivity index (χ3n) is 2.77. The van der Waals surface area contributed by atoms with Gasteiger partial charge in [-0.1, -0.05) is 13.0 Å². The lowest BCUT2D eigenvalue weighted by atomic mass is 10.3. The quantitative estimate of drug-likeness (QED) is 0.726. The maximum absolute atomic E-state index is 11.5.